The Morgan fingerprint density at radius 3 is 2.14 bits per heavy atom. The molecule has 0 radical (unpaired) electrons. The van der Waals surface area contributed by atoms with Gasteiger partial charge < -0.3 is 19.7 Å². The highest BCUT2D eigenvalue weighted by molar-refractivity contribution is 5.66. The number of carbonyl (C=O) groups excluding carboxylic acids is 1. The van der Waals surface area contributed by atoms with E-state index < -0.39 is 5.60 Å². The van der Waals surface area contributed by atoms with E-state index in [9.17, 15) is 15.0 Å². The molecule has 0 amide bonds. The maximum atomic E-state index is 12.0. The van der Waals surface area contributed by atoms with E-state index in [1.54, 1.807) is 0 Å². The molecule has 11 atom stereocenters. The Morgan fingerprint density at radius 1 is 0.892 bits per heavy atom. The second-order valence-electron chi connectivity index (χ2n) is 16.0. The summed E-state index contributed by atoms with van der Waals surface area (Å²) in [7, 11) is 0. The molecule has 5 rings (SSSR count). The maximum absolute atomic E-state index is 12.0. The third kappa shape index (κ3) is 3.83. The van der Waals surface area contributed by atoms with Gasteiger partial charge in [-0.05, 0) is 118 Å². The monoisotopic (exact) mass is 518 g/mol. The molecule has 1 saturated heterocycles. The average molecular weight is 519 g/mol. The molecule has 1 aliphatic heterocycles. The zero-order valence-electron chi connectivity index (χ0n) is 25.0. The minimum Gasteiger partial charge on any atom is -0.462 e. The number of esters is 1. The van der Waals surface area contributed by atoms with Crippen LogP contribution in [0, 0.1) is 45.3 Å². The van der Waals surface area contributed by atoms with Crippen LogP contribution in [0.25, 0.3) is 0 Å². The number of carbonyl (C=O) groups is 1. The first-order chi connectivity index (χ1) is 16.9. The zero-order valence-corrected chi connectivity index (χ0v) is 25.0. The van der Waals surface area contributed by atoms with E-state index in [1.165, 1.54) is 13.3 Å². The largest absolute Gasteiger partial charge is 0.462 e. The predicted octanol–water partition coefficient (Wildman–Crippen LogP) is 6.28. The summed E-state index contributed by atoms with van der Waals surface area (Å²) in [5.41, 5.74) is -0.858. The molecule has 4 saturated carbocycles. The van der Waals surface area contributed by atoms with Crippen LogP contribution in [0.3, 0.4) is 0 Å². The molecule has 0 aromatic carbocycles. The lowest BCUT2D eigenvalue weighted by atomic mass is 9.35. The van der Waals surface area contributed by atoms with Crippen LogP contribution >= 0.6 is 0 Å². The van der Waals surface area contributed by atoms with Crippen molar-refractivity contribution in [2.45, 2.75) is 150 Å². The lowest BCUT2D eigenvalue weighted by Gasteiger charge is -2.70. The van der Waals surface area contributed by atoms with Crippen LogP contribution in [-0.2, 0) is 14.3 Å². The summed E-state index contributed by atoms with van der Waals surface area (Å²) in [5, 5.41) is 22.7. The van der Waals surface area contributed by atoms with Gasteiger partial charge in [0.15, 0.2) is 0 Å². The standard InChI is InChI=1S/C32H54O5/c1-19(33)36-24-12-14-29(6)22(27(24,2)3)11-16-30(7)23(29)18-21(34)26-20(10-15-31(26,30)8)32(9)17-13-25(37-32)28(4,5)35/h20-26,34-35H,10-18H2,1-9H3/t20-,21+,22-,23+,24+,25+,26-,29-,30+,31+,32-/m0/s1. The van der Waals surface area contributed by atoms with Crippen molar-refractivity contribution in [3.05, 3.63) is 0 Å². The van der Waals surface area contributed by atoms with Gasteiger partial charge in [-0.2, -0.15) is 0 Å². The van der Waals surface area contributed by atoms with Crippen molar-refractivity contribution in [2.24, 2.45) is 45.3 Å². The van der Waals surface area contributed by atoms with E-state index >= 15 is 0 Å². The fraction of sp³-hybridized carbons (Fsp3) is 0.969. The first-order valence-corrected chi connectivity index (χ1v) is 15.2. The summed E-state index contributed by atoms with van der Waals surface area (Å²) in [6.45, 7) is 19.7. The Hall–Kier alpha value is -0.650. The van der Waals surface area contributed by atoms with Gasteiger partial charge in [0.25, 0.3) is 0 Å². The van der Waals surface area contributed by atoms with Crippen LogP contribution in [0.5, 0.6) is 0 Å². The molecular formula is C32H54O5. The van der Waals surface area contributed by atoms with Crippen molar-refractivity contribution < 1.29 is 24.5 Å². The summed E-state index contributed by atoms with van der Waals surface area (Å²) in [4.78, 5) is 11.9. The number of hydrogen-bond acceptors (Lipinski definition) is 5. The summed E-state index contributed by atoms with van der Waals surface area (Å²) in [5.74, 6) is 1.30. The van der Waals surface area contributed by atoms with Crippen molar-refractivity contribution in [2.75, 3.05) is 0 Å². The van der Waals surface area contributed by atoms with E-state index in [2.05, 4.69) is 41.5 Å². The van der Waals surface area contributed by atoms with Gasteiger partial charge in [-0.3, -0.25) is 4.79 Å². The summed E-state index contributed by atoms with van der Waals surface area (Å²) in [6.07, 6.45) is 8.73. The highest BCUT2D eigenvalue weighted by atomic mass is 16.5. The number of hydrogen-bond donors (Lipinski definition) is 2. The molecule has 2 N–H and O–H groups in total. The van der Waals surface area contributed by atoms with Crippen molar-refractivity contribution in [1.82, 2.24) is 0 Å². The van der Waals surface area contributed by atoms with Gasteiger partial charge >= 0.3 is 5.97 Å². The van der Waals surface area contributed by atoms with Gasteiger partial charge in [-0.25, -0.2) is 0 Å². The van der Waals surface area contributed by atoms with E-state index in [-0.39, 0.29) is 57.5 Å². The molecule has 5 fully saturated rings. The lowest BCUT2D eigenvalue weighted by molar-refractivity contribution is -0.251. The van der Waals surface area contributed by atoms with Crippen LogP contribution in [0.15, 0.2) is 0 Å². The number of ether oxygens (including phenoxy) is 2. The van der Waals surface area contributed by atoms with Crippen LogP contribution in [-0.4, -0.2) is 45.7 Å². The minimum absolute atomic E-state index is 0.0247. The van der Waals surface area contributed by atoms with Gasteiger partial charge in [0.2, 0.25) is 0 Å². The summed E-state index contributed by atoms with van der Waals surface area (Å²) in [6, 6.07) is 0. The van der Waals surface area contributed by atoms with Crippen molar-refractivity contribution >= 4 is 5.97 Å². The Morgan fingerprint density at radius 2 is 1.54 bits per heavy atom. The average Bonchev–Trinajstić information content (AvgIpc) is 3.35. The molecule has 5 aliphatic rings. The highest BCUT2D eigenvalue weighted by Crippen LogP contribution is 2.76. The molecule has 0 unspecified atom stereocenters. The molecule has 37 heavy (non-hydrogen) atoms. The van der Waals surface area contributed by atoms with Crippen LogP contribution in [0.2, 0.25) is 0 Å². The Kier molecular flexibility index (Phi) is 6.35. The van der Waals surface area contributed by atoms with E-state index in [1.807, 2.05) is 13.8 Å². The Labute approximate surface area is 225 Å². The molecule has 0 aromatic rings. The summed E-state index contributed by atoms with van der Waals surface area (Å²) >= 11 is 0. The second-order valence-corrected chi connectivity index (χ2v) is 16.0. The fourth-order valence-electron chi connectivity index (χ4n) is 11.5. The van der Waals surface area contributed by atoms with Crippen LogP contribution in [0.4, 0.5) is 0 Å². The molecule has 5 heteroatoms. The number of rotatable bonds is 3. The first kappa shape index (κ1) is 27.9. The molecule has 0 spiro atoms. The van der Waals surface area contributed by atoms with Crippen molar-refractivity contribution in [3.63, 3.8) is 0 Å². The first-order valence-electron chi connectivity index (χ1n) is 15.2. The van der Waals surface area contributed by atoms with Gasteiger partial charge in [-0.15, -0.1) is 0 Å². The smallest absolute Gasteiger partial charge is 0.302 e. The quantitative estimate of drug-likeness (QED) is 0.430. The highest BCUT2D eigenvalue weighted by Gasteiger charge is 2.72. The SMILES string of the molecule is CC(=O)O[C@@H]1CC[C@]2(C)[C@H]3C[C@@H](O)[C@@H]4[C@@H]([C@]5(C)CC[C@H](C(C)(C)O)O5)CC[C@@]4(C)[C@]3(C)CC[C@H]2C1(C)C. The number of fused-ring (bicyclic) bond motifs is 5. The maximum Gasteiger partial charge on any atom is 0.302 e. The molecule has 4 aliphatic carbocycles. The van der Waals surface area contributed by atoms with Gasteiger partial charge in [0.1, 0.15) is 6.10 Å². The van der Waals surface area contributed by atoms with Gasteiger partial charge in [0, 0.05) is 12.3 Å². The normalized spacial score (nSPS) is 53.2. The van der Waals surface area contributed by atoms with Crippen molar-refractivity contribution in [1.29, 1.82) is 0 Å². The lowest BCUT2D eigenvalue weighted by Crippen LogP contribution is -2.66. The Balaban J connectivity index is 1.45. The molecule has 0 aromatic heterocycles. The van der Waals surface area contributed by atoms with Crippen LogP contribution < -0.4 is 0 Å². The second kappa shape index (κ2) is 8.43. The fourth-order valence-corrected chi connectivity index (χ4v) is 11.5. The van der Waals surface area contributed by atoms with E-state index in [4.69, 9.17) is 9.47 Å². The molecule has 1 heterocycles. The zero-order chi connectivity index (χ0) is 27.4. The molecule has 5 nitrogen and oxygen atoms in total. The van der Waals surface area contributed by atoms with Crippen LogP contribution in [0.1, 0.15) is 120 Å². The van der Waals surface area contributed by atoms with Gasteiger partial charge in [0.05, 0.1) is 23.4 Å². The Bertz CT molecular complexity index is 923. The topological polar surface area (TPSA) is 76.0 Å². The third-order valence-electron chi connectivity index (χ3n) is 13.5. The van der Waals surface area contributed by atoms with E-state index in [0.29, 0.717) is 17.8 Å². The third-order valence-corrected chi connectivity index (χ3v) is 13.5. The molecule has 212 valence electrons. The number of aliphatic hydroxyl groups is 2. The minimum atomic E-state index is -0.841. The predicted molar refractivity (Wildman–Crippen MR) is 145 cm³/mol. The van der Waals surface area contributed by atoms with Crippen molar-refractivity contribution in [3.8, 4) is 0 Å². The summed E-state index contributed by atoms with van der Waals surface area (Å²) < 4.78 is 12.5. The molecule has 0 bridgehead atoms. The van der Waals surface area contributed by atoms with Gasteiger partial charge in [-0.1, -0.05) is 34.6 Å². The number of aliphatic hydroxyl groups excluding tert-OH is 1. The molecular weight excluding hydrogens is 464 g/mol. The van der Waals surface area contributed by atoms with E-state index in [0.717, 1.165) is 51.4 Å².